The van der Waals surface area contributed by atoms with E-state index in [9.17, 15) is 0 Å². The molecule has 1 aromatic rings. The Bertz CT molecular complexity index is 351. The molecule has 0 amide bonds. The van der Waals surface area contributed by atoms with Crippen LogP contribution in [-0.2, 0) is 4.74 Å². The van der Waals surface area contributed by atoms with E-state index < -0.39 is 0 Å². The fourth-order valence-corrected chi connectivity index (χ4v) is 1.70. The number of rotatable bonds is 3. The van der Waals surface area contributed by atoms with Crippen LogP contribution in [0.1, 0.15) is 18.4 Å². The predicted molar refractivity (Wildman–Crippen MR) is 60.2 cm³/mol. The van der Waals surface area contributed by atoms with Crippen molar-refractivity contribution in [2.45, 2.75) is 19.8 Å². The molecule has 5 nitrogen and oxygen atoms in total. The minimum absolute atomic E-state index is 0.257. The predicted octanol–water partition coefficient (Wildman–Crippen LogP) is 1.17. The van der Waals surface area contributed by atoms with Crippen LogP contribution in [0.4, 0.5) is 5.95 Å². The molecule has 1 fully saturated rings. The molecule has 1 saturated heterocycles. The van der Waals surface area contributed by atoms with Crippen molar-refractivity contribution in [3.8, 4) is 5.88 Å². The summed E-state index contributed by atoms with van der Waals surface area (Å²) in [7, 11) is 0. The van der Waals surface area contributed by atoms with Crippen LogP contribution in [-0.4, -0.2) is 29.8 Å². The summed E-state index contributed by atoms with van der Waals surface area (Å²) in [4.78, 5) is 7.97. The highest BCUT2D eigenvalue weighted by Gasteiger charge is 2.15. The van der Waals surface area contributed by atoms with E-state index in [-0.39, 0.29) is 5.95 Å². The van der Waals surface area contributed by atoms with Gasteiger partial charge in [0.1, 0.15) is 0 Å². The molecular weight excluding hydrogens is 206 g/mol. The van der Waals surface area contributed by atoms with Crippen LogP contribution in [0, 0.1) is 12.8 Å². The van der Waals surface area contributed by atoms with Gasteiger partial charge in [-0.15, -0.1) is 0 Å². The first-order valence-electron chi connectivity index (χ1n) is 5.55. The van der Waals surface area contributed by atoms with Gasteiger partial charge in [-0.05, 0) is 25.7 Å². The van der Waals surface area contributed by atoms with Crippen molar-refractivity contribution in [1.29, 1.82) is 0 Å². The topological polar surface area (TPSA) is 70.3 Å². The highest BCUT2D eigenvalue weighted by Crippen LogP contribution is 2.19. The average Bonchev–Trinajstić information content (AvgIpc) is 2.32. The van der Waals surface area contributed by atoms with Crippen LogP contribution >= 0.6 is 0 Å². The van der Waals surface area contributed by atoms with Crippen LogP contribution in [0.25, 0.3) is 0 Å². The number of aryl methyl sites for hydroxylation is 1. The first kappa shape index (κ1) is 11.1. The molecule has 2 N–H and O–H groups in total. The van der Waals surface area contributed by atoms with Crippen molar-refractivity contribution < 1.29 is 9.47 Å². The van der Waals surface area contributed by atoms with Crippen molar-refractivity contribution in [2.24, 2.45) is 5.92 Å². The molecule has 0 bridgehead atoms. The lowest BCUT2D eigenvalue weighted by Crippen LogP contribution is -2.22. The van der Waals surface area contributed by atoms with E-state index in [0.717, 1.165) is 31.6 Å². The molecule has 0 aliphatic carbocycles. The quantitative estimate of drug-likeness (QED) is 0.833. The molecule has 1 aliphatic heterocycles. The van der Waals surface area contributed by atoms with Gasteiger partial charge in [0.05, 0.1) is 6.61 Å². The number of anilines is 1. The molecule has 0 saturated carbocycles. The lowest BCUT2D eigenvalue weighted by molar-refractivity contribution is 0.0489. The second-order valence-electron chi connectivity index (χ2n) is 4.08. The first-order chi connectivity index (χ1) is 7.75. The Labute approximate surface area is 95.0 Å². The maximum absolute atomic E-state index is 5.67. The number of nitrogens with zero attached hydrogens (tertiary/aromatic N) is 2. The van der Waals surface area contributed by atoms with E-state index in [1.54, 1.807) is 6.20 Å². The van der Waals surface area contributed by atoms with Crippen LogP contribution in [0.5, 0.6) is 5.88 Å². The average molecular weight is 223 g/mol. The van der Waals surface area contributed by atoms with Gasteiger partial charge in [-0.1, -0.05) is 0 Å². The van der Waals surface area contributed by atoms with E-state index in [1.165, 1.54) is 0 Å². The third kappa shape index (κ3) is 2.82. The molecule has 5 heteroatoms. The molecule has 2 rings (SSSR count). The zero-order valence-corrected chi connectivity index (χ0v) is 9.48. The van der Waals surface area contributed by atoms with E-state index in [0.29, 0.717) is 18.4 Å². The molecule has 0 aromatic carbocycles. The maximum atomic E-state index is 5.67. The second kappa shape index (κ2) is 5.12. The molecular formula is C11H17N3O2. The number of nitrogen functional groups attached to an aromatic ring is 1. The van der Waals surface area contributed by atoms with Gasteiger partial charge in [-0.3, -0.25) is 0 Å². The van der Waals surface area contributed by atoms with E-state index in [4.69, 9.17) is 15.2 Å². The Morgan fingerprint density at radius 1 is 1.50 bits per heavy atom. The van der Waals surface area contributed by atoms with E-state index in [2.05, 4.69) is 9.97 Å². The Balaban J connectivity index is 1.90. The zero-order valence-electron chi connectivity index (χ0n) is 9.48. The third-order valence-corrected chi connectivity index (χ3v) is 2.74. The van der Waals surface area contributed by atoms with Crippen molar-refractivity contribution in [3.05, 3.63) is 11.8 Å². The summed E-state index contributed by atoms with van der Waals surface area (Å²) in [5, 5.41) is 0. The molecule has 2 heterocycles. The Morgan fingerprint density at radius 3 is 3.00 bits per heavy atom. The monoisotopic (exact) mass is 223 g/mol. The summed E-state index contributed by atoms with van der Waals surface area (Å²) in [6.45, 7) is 4.26. The first-order valence-corrected chi connectivity index (χ1v) is 5.55. The van der Waals surface area contributed by atoms with Gasteiger partial charge in [0.15, 0.2) is 0 Å². The van der Waals surface area contributed by atoms with Crippen molar-refractivity contribution in [2.75, 3.05) is 25.6 Å². The standard InChI is InChI=1S/C11H17N3O2/c1-8-6-13-11(12)14-10(8)16-7-9-2-4-15-5-3-9/h6,9H,2-5,7H2,1H3,(H2,12,13,14). The summed E-state index contributed by atoms with van der Waals surface area (Å²) in [6, 6.07) is 0. The third-order valence-electron chi connectivity index (χ3n) is 2.74. The van der Waals surface area contributed by atoms with Gasteiger partial charge in [0, 0.05) is 25.0 Å². The van der Waals surface area contributed by atoms with E-state index in [1.807, 2.05) is 6.92 Å². The van der Waals surface area contributed by atoms with E-state index >= 15 is 0 Å². The summed E-state index contributed by atoms with van der Waals surface area (Å²) < 4.78 is 11.0. The lowest BCUT2D eigenvalue weighted by atomic mass is 10.0. The van der Waals surface area contributed by atoms with Gasteiger partial charge < -0.3 is 15.2 Å². The van der Waals surface area contributed by atoms with Crippen molar-refractivity contribution >= 4 is 5.95 Å². The Hall–Kier alpha value is -1.36. The van der Waals surface area contributed by atoms with Crippen molar-refractivity contribution in [3.63, 3.8) is 0 Å². The normalized spacial score (nSPS) is 17.3. The lowest BCUT2D eigenvalue weighted by Gasteiger charge is -2.22. The number of nitrogens with two attached hydrogens (primary N) is 1. The SMILES string of the molecule is Cc1cnc(N)nc1OCC1CCOCC1. The molecule has 16 heavy (non-hydrogen) atoms. The smallest absolute Gasteiger partial charge is 0.223 e. The van der Waals surface area contributed by atoms with Crippen molar-refractivity contribution in [1.82, 2.24) is 9.97 Å². The minimum Gasteiger partial charge on any atom is -0.477 e. The molecule has 1 aliphatic rings. The van der Waals surface area contributed by atoms with Crippen LogP contribution in [0.2, 0.25) is 0 Å². The fourth-order valence-electron chi connectivity index (χ4n) is 1.70. The number of hydrogen-bond donors (Lipinski definition) is 1. The van der Waals surface area contributed by atoms with Gasteiger partial charge in [0.25, 0.3) is 0 Å². The molecule has 0 spiro atoms. The summed E-state index contributed by atoms with van der Waals surface area (Å²) in [6.07, 6.45) is 3.79. The van der Waals surface area contributed by atoms with Crippen LogP contribution < -0.4 is 10.5 Å². The number of ether oxygens (including phenoxy) is 2. The summed E-state index contributed by atoms with van der Waals surface area (Å²) in [5.74, 6) is 1.41. The fraction of sp³-hybridized carbons (Fsp3) is 0.636. The molecule has 1 aromatic heterocycles. The van der Waals surface area contributed by atoms with Gasteiger partial charge in [-0.2, -0.15) is 4.98 Å². The molecule has 0 atom stereocenters. The molecule has 0 unspecified atom stereocenters. The van der Waals surface area contributed by atoms with Gasteiger partial charge >= 0.3 is 0 Å². The zero-order chi connectivity index (χ0) is 11.4. The Kier molecular flexibility index (Phi) is 3.56. The number of hydrogen-bond acceptors (Lipinski definition) is 5. The second-order valence-corrected chi connectivity index (χ2v) is 4.08. The van der Waals surface area contributed by atoms with Gasteiger partial charge in [-0.25, -0.2) is 4.98 Å². The summed E-state index contributed by atoms with van der Waals surface area (Å²) in [5.41, 5.74) is 6.43. The van der Waals surface area contributed by atoms with Crippen LogP contribution in [0.15, 0.2) is 6.20 Å². The number of aromatic nitrogens is 2. The highest BCUT2D eigenvalue weighted by atomic mass is 16.5. The molecule has 88 valence electrons. The summed E-state index contributed by atoms with van der Waals surface area (Å²) >= 11 is 0. The minimum atomic E-state index is 0.257. The maximum Gasteiger partial charge on any atom is 0.223 e. The Morgan fingerprint density at radius 2 is 2.25 bits per heavy atom. The largest absolute Gasteiger partial charge is 0.477 e. The van der Waals surface area contributed by atoms with Gasteiger partial charge in [0.2, 0.25) is 11.8 Å². The highest BCUT2D eigenvalue weighted by molar-refractivity contribution is 5.28. The van der Waals surface area contributed by atoms with Crippen LogP contribution in [0.3, 0.4) is 0 Å². The molecule has 0 radical (unpaired) electrons.